The van der Waals surface area contributed by atoms with Crippen LogP contribution >= 0.6 is 12.2 Å². The summed E-state index contributed by atoms with van der Waals surface area (Å²) in [5.41, 5.74) is 2.12. The van der Waals surface area contributed by atoms with Gasteiger partial charge in [0.25, 0.3) is 5.56 Å². The van der Waals surface area contributed by atoms with Gasteiger partial charge >= 0.3 is 0 Å². The van der Waals surface area contributed by atoms with Crippen molar-refractivity contribution < 1.29 is 13.9 Å². The van der Waals surface area contributed by atoms with Gasteiger partial charge in [-0.05, 0) is 18.3 Å². The molecule has 1 N–H and O–H groups in total. The van der Waals surface area contributed by atoms with E-state index in [0.29, 0.717) is 29.1 Å². The number of nitrogens with one attached hydrogen (secondary N) is 1. The molecule has 2 aromatic heterocycles. The Kier molecular flexibility index (Phi) is 5.35. The number of H-pyrrole nitrogens is 1. The molecular weight excluding hydrogens is 368 g/mol. The highest BCUT2D eigenvalue weighted by Gasteiger charge is 2.27. The maximum Gasteiger partial charge on any atom is 0.261 e. The molecule has 2 aliphatic rings. The minimum atomic E-state index is -0.223. The first-order valence-electron chi connectivity index (χ1n) is 8.96. The number of aromatic nitrogens is 3. The predicted molar refractivity (Wildman–Crippen MR) is 102 cm³/mol. The zero-order chi connectivity index (χ0) is 18.8. The maximum atomic E-state index is 13.1. The second kappa shape index (κ2) is 7.89. The first kappa shape index (κ1) is 18.3. The lowest BCUT2D eigenvalue weighted by Crippen LogP contribution is -2.40. The van der Waals surface area contributed by atoms with E-state index < -0.39 is 0 Å². The maximum absolute atomic E-state index is 13.1. The van der Waals surface area contributed by atoms with E-state index in [0.717, 1.165) is 44.1 Å². The van der Waals surface area contributed by atoms with Gasteiger partial charge in [-0.25, -0.2) is 4.98 Å². The lowest BCUT2D eigenvalue weighted by atomic mass is 9.93. The first-order valence-corrected chi connectivity index (χ1v) is 9.37. The Labute approximate surface area is 161 Å². The molecular formula is C18H22N4O4S. The molecule has 0 amide bonds. The van der Waals surface area contributed by atoms with Gasteiger partial charge in [-0.3, -0.25) is 14.3 Å². The number of hydrogen-bond donors (Lipinski definition) is 1. The van der Waals surface area contributed by atoms with E-state index in [4.69, 9.17) is 26.1 Å². The smallest absolute Gasteiger partial charge is 0.261 e. The Morgan fingerprint density at radius 2 is 2.19 bits per heavy atom. The SMILES string of the molecule is COC1Cc2[nH]c(=S)n(CCN3CCOCC3)c(=O)c2C=C1c1cnco1. The third kappa shape index (κ3) is 3.68. The van der Waals surface area contributed by atoms with Crippen molar-refractivity contribution in [1.29, 1.82) is 0 Å². The fraction of sp³-hybridized carbons (Fsp3) is 0.500. The average Bonchev–Trinajstić information content (AvgIpc) is 3.22. The fourth-order valence-corrected chi connectivity index (χ4v) is 3.85. The molecule has 27 heavy (non-hydrogen) atoms. The van der Waals surface area contributed by atoms with Crippen molar-refractivity contribution in [2.45, 2.75) is 19.1 Å². The number of aromatic amines is 1. The summed E-state index contributed by atoms with van der Waals surface area (Å²) < 4.78 is 18.5. The van der Waals surface area contributed by atoms with Crippen molar-refractivity contribution in [1.82, 2.24) is 19.4 Å². The van der Waals surface area contributed by atoms with Gasteiger partial charge in [0.2, 0.25) is 0 Å². The topological polar surface area (TPSA) is 85.5 Å². The molecule has 0 spiro atoms. The zero-order valence-corrected chi connectivity index (χ0v) is 16.0. The van der Waals surface area contributed by atoms with Crippen LogP contribution in [0.1, 0.15) is 17.0 Å². The van der Waals surface area contributed by atoms with E-state index in [1.165, 1.54) is 6.39 Å². The van der Waals surface area contributed by atoms with E-state index in [2.05, 4.69) is 14.9 Å². The summed E-state index contributed by atoms with van der Waals surface area (Å²) in [5.74, 6) is 0.606. The summed E-state index contributed by atoms with van der Waals surface area (Å²) in [5, 5.41) is 0. The van der Waals surface area contributed by atoms with Gasteiger partial charge in [-0.1, -0.05) is 0 Å². The van der Waals surface area contributed by atoms with Gasteiger partial charge in [-0.15, -0.1) is 0 Å². The Morgan fingerprint density at radius 1 is 1.37 bits per heavy atom. The summed E-state index contributed by atoms with van der Waals surface area (Å²) in [6, 6.07) is 0. The number of oxazole rings is 1. The molecule has 4 rings (SSSR count). The average molecular weight is 390 g/mol. The molecule has 1 atom stereocenters. The summed E-state index contributed by atoms with van der Waals surface area (Å²) in [6.45, 7) is 4.52. The Bertz CT molecular complexity index is 941. The summed E-state index contributed by atoms with van der Waals surface area (Å²) >= 11 is 5.45. The molecule has 1 saturated heterocycles. The van der Waals surface area contributed by atoms with Crippen LogP contribution in [-0.4, -0.2) is 65.5 Å². The van der Waals surface area contributed by atoms with Crippen LogP contribution in [0.5, 0.6) is 0 Å². The van der Waals surface area contributed by atoms with Gasteiger partial charge in [0.05, 0.1) is 31.1 Å². The summed E-state index contributed by atoms with van der Waals surface area (Å²) in [6.07, 6.45) is 5.14. The molecule has 0 bridgehead atoms. The monoisotopic (exact) mass is 390 g/mol. The standard InChI is InChI=1S/C18H22N4O4S/c1-24-15-9-14-12(8-13(15)16-10-19-11-26-16)17(23)22(18(27)20-14)3-2-21-4-6-25-7-5-21/h8,10-11,15H,2-7,9H2,1H3,(H,20,27). The van der Waals surface area contributed by atoms with Crippen molar-refractivity contribution in [3.8, 4) is 0 Å². The lowest BCUT2D eigenvalue weighted by molar-refractivity contribution is 0.0362. The fourth-order valence-electron chi connectivity index (χ4n) is 3.55. The molecule has 144 valence electrons. The highest BCUT2D eigenvalue weighted by Crippen LogP contribution is 2.30. The van der Waals surface area contributed by atoms with Crippen LogP contribution < -0.4 is 5.56 Å². The van der Waals surface area contributed by atoms with E-state index in [1.54, 1.807) is 17.9 Å². The Morgan fingerprint density at radius 3 is 2.89 bits per heavy atom. The Balaban J connectivity index is 1.67. The van der Waals surface area contributed by atoms with E-state index >= 15 is 0 Å². The number of hydrogen-bond acceptors (Lipinski definition) is 7. The number of methoxy groups -OCH3 is 1. The van der Waals surface area contributed by atoms with Crippen LogP contribution in [0, 0.1) is 4.77 Å². The van der Waals surface area contributed by atoms with Crippen molar-refractivity contribution in [3.63, 3.8) is 0 Å². The van der Waals surface area contributed by atoms with E-state index in [9.17, 15) is 4.79 Å². The molecule has 0 aromatic carbocycles. The normalized spacial score (nSPS) is 20.3. The largest absolute Gasteiger partial charge is 0.444 e. The van der Waals surface area contributed by atoms with Crippen LogP contribution in [0.25, 0.3) is 11.6 Å². The molecule has 0 saturated carbocycles. The number of ether oxygens (including phenoxy) is 2. The third-order valence-corrected chi connectivity index (χ3v) is 5.41. The molecule has 1 aliphatic carbocycles. The molecule has 9 heteroatoms. The highest BCUT2D eigenvalue weighted by atomic mass is 32.1. The molecule has 1 unspecified atom stereocenters. The molecule has 2 aromatic rings. The number of nitrogens with zero attached hydrogens (tertiary/aromatic N) is 3. The van der Waals surface area contributed by atoms with Crippen LogP contribution in [0.15, 0.2) is 21.8 Å². The van der Waals surface area contributed by atoms with Crippen molar-refractivity contribution >= 4 is 23.9 Å². The van der Waals surface area contributed by atoms with Gasteiger partial charge in [-0.2, -0.15) is 0 Å². The second-order valence-corrected chi connectivity index (χ2v) is 7.01. The lowest BCUT2D eigenvalue weighted by Gasteiger charge is -2.27. The molecule has 0 radical (unpaired) electrons. The van der Waals surface area contributed by atoms with Crippen LogP contribution in [0.2, 0.25) is 0 Å². The van der Waals surface area contributed by atoms with Crippen molar-refractivity contribution in [2.75, 3.05) is 40.0 Å². The molecule has 1 fully saturated rings. The quantitative estimate of drug-likeness (QED) is 0.771. The summed E-state index contributed by atoms with van der Waals surface area (Å²) in [4.78, 5) is 22.6. The minimum Gasteiger partial charge on any atom is -0.444 e. The zero-order valence-electron chi connectivity index (χ0n) is 15.1. The number of fused-ring (bicyclic) bond motifs is 1. The van der Waals surface area contributed by atoms with Crippen LogP contribution in [0.4, 0.5) is 0 Å². The molecule has 1 aliphatic heterocycles. The van der Waals surface area contributed by atoms with Gasteiger partial charge in [0.1, 0.15) is 0 Å². The van der Waals surface area contributed by atoms with Gasteiger partial charge < -0.3 is 18.9 Å². The summed E-state index contributed by atoms with van der Waals surface area (Å²) in [7, 11) is 1.64. The molecule has 3 heterocycles. The minimum absolute atomic E-state index is 0.0893. The highest BCUT2D eigenvalue weighted by molar-refractivity contribution is 7.71. The van der Waals surface area contributed by atoms with Crippen LogP contribution in [-0.2, 0) is 22.4 Å². The number of rotatable bonds is 5. The van der Waals surface area contributed by atoms with Crippen molar-refractivity contribution in [2.24, 2.45) is 0 Å². The third-order valence-electron chi connectivity index (χ3n) is 5.08. The van der Waals surface area contributed by atoms with Crippen LogP contribution in [0.3, 0.4) is 0 Å². The predicted octanol–water partition coefficient (Wildman–Crippen LogP) is 1.34. The van der Waals surface area contributed by atoms with Gasteiger partial charge in [0, 0.05) is 51.0 Å². The number of morpholine rings is 1. The molecule has 8 nitrogen and oxygen atoms in total. The van der Waals surface area contributed by atoms with Gasteiger partial charge in [0.15, 0.2) is 16.9 Å². The first-order chi connectivity index (χ1) is 13.2. The second-order valence-electron chi connectivity index (χ2n) is 6.63. The Hall–Kier alpha value is -2.07. The van der Waals surface area contributed by atoms with E-state index in [1.807, 2.05) is 6.08 Å². The van der Waals surface area contributed by atoms with Crippen molar-refractivity contribution in [3.05, 3.63) is 44.7 Å². The van der Waals surface area contributed by atoms with E-state index in [-0.39, 0.29) is 11.7 Å².